The molecule has 0 aliphatic rings. The van der Waals surface area contributed by atoms with Crippen molar-refractivity contribution in [2.75, 3.05) is 5.75 Å². The molecule has 0 saturated carbocycles. The highest BCUT2D eigenvalue weighted by atomic mass is 32.2. The number of hydrogen-bond acceptors (Lipinski definition) is 4. The Morgan fingerprint density at radius 1 is 1.14 bits per heavy atom. The Morgan fingerprint density at radius 3 is 2.64 bits per heavy atom. The minimum Gasteiger partial charge on any atom is -0.349 e. The van der Waals surface area contributed by atoms with E-state index in [0.29, 0.717) is 10.7 Å². The number of carbonyl (C=O) groups excluding carboxylic acids is 1. The van der Waals surface area contributed by atoms with Crippen LogP contribution in [0.1, 0.15) is 29.7 Å². The summed E-state index contributed by atoms with van der Waals surface area (Å²) in [5.41, 5.74) is 3.76. The zero-order valence-electron chi connectivity index (χ0n) is 15.7. The maximum Gasteiger partial charge on any atom is 0.230 e. The highest BCUT2D eigenvalue weighted by molar-refractivity contribution is 7.99. The number of amides is 1. The van der Waals surface area contributed by atoms with Gasteiger partial charge in [0.1, 0.15) is 6.33 Å². The molecule has 1 atom stereocenters. The maximum atomic E-state index is 13.4. The van der Waals surface area contributed by atoms with Crippen molar-refractivity contribution in [3.63, 3.8) is 0 Å². The number of halogens is 2. The van der Waals surface area contributed by atoms with Crippen LogP contribution in [0.25, 0.3) is 5.69 Å². The number of carbonyl (C=O) groups is 1. The molecule has 2 aromatic carbocycles. The first-order valence-corrected chi connectivity index (χ1v) is 9.68. The van der Waals surface area contributed by atoms with Gasteiger partial charge >= 0.3 is 0 Å². The van der Waals surface area contributed by atoms with Crippen LogP contribution in [0, 0.1) is 25.5 Å². The van der Waals surface area contributed by atoms with Crippen LogP contribution in [0.5, 0.6) is 0 Å². The normalized spacial score (nSPS) is 12.0. The van der Waals surface area contributed by atoms with Crippen LogP contribution in [-0.2, 0) is 4.79 Å². The first-order chi connectivity index (χ1) is 13.3. The number of nitrogens with zero attached hydrogens (tertiary/aromatic N) is 3. The van der Waals surface area contributed by atoms with Gasteiger partial charge in [-0.25, -0.2) is 8.78 Å². The summed E-state index contributed by atoms with van der Waals surface area (Å²) in [5.74, 6) is -1.97. The van der Waals surface area contributed by atoms with Gasteiger partial charge in [-0.2, -0.15) is 0 Å². The van der Waals surface area contributed by atoms with Crippen molar-refractivity contribution >= 4 is 17.7 Å². The predicted molar refractivity (Wildman–Crippen MR) is 104 cm³/mol. The van der Waals surface area contributed by atoms with Crippen LogP contribution >= 0.6 is 11.8 Å². The molecular weight excluding hydrogens is 382 g/mol. The average molecular weight is 402 g/mol. The smallest absolute Gasteiger partial charge is 0.230 e. The second-order valence-electron chi connectivity index (χ2n) is 6.50. The Bertz CT molecular complexity index is 1010. The van der Waals surface area contributed by atoms with E-state index in [0.717, 1.165) is 23.4 Å². The van der Waals surface area contributed by atoms with E-state index >= 15 is 0 Å². The van der Waals surface area contributed by atoms with Gasteiger partial charge in [-0.15, -0.1) is 10.2 Å². The molecule has 146 valence electrons. The van der Waals surface area contributed by atoms with Crippen molar-refractivity contribution in [3.8, 4) is 5.69 Å². The monoisotopic (exact) mass is 402 g/mol. The van der Waals surface area contributed by atoms with Crippen LogP contribution < -0.4 is 5.32 Å². The number of nitrogens with one attached hydrogen (secondary N) is 1. The fourth-order valence-corrected chi connectivity index (χ4v) is 3.39. The summed E-state index contributed by atoms with van der Waals surface area (Å²) in [5, 5.41) is 11.4. The third-order valence-corrected chi connectivity index (χ3v) is 5.38. The molecular formula is C20H20F2N4OS. The standard InChI is InChI=1S/C20H20F2N4OS/c1-12-4-6-16(8-13(12)2)26-11-23-25-20(26)28-10-19(27)24-14(3)15-5-7-17(21)18(22)9-15/h4-9,11,14H,10H2,1-3H3,(H,24,27). The lowest BCUT2D eigenvalue weighted by Gasteiger charge is -2.14. The SMILES string of the molecule is Cc1ccc(-n2cnnc2SCC(=O)NC(C)c2ccc(F)c(F)c2)cc1C. The molecule has 0 aliphatic heterocycles. The van der Waals surface area contributed by atoms with E-state index < -0.39 is 17.7 Å². The van der Waals surface area contributed by atoms with Crippen LogP contribution in [0.15, 0.2) is 47.9 Å². The number of aromatic nitrogens is 3. The molecule has 0 radical (unpaired) electrons. The number of aryl methyl sites for hydroxylation is 2. The molecule has 1 N–H and O–H groups in total. The topological polar surface area (TPSA) is 59.8 Å². The fourth-order valence-electron chi connectivity index (χ4n) is 2.65. The van der Waals surface area contributed by atoms with Crippen LogP contribution in [0.3, 0.4) is 0 Å². The Labute approximate surface area is 166 Å². The van der Waals surface area contributed by atoms with E-state index in [-0.39, 0.29) is 11.7 Å². The van der Waals surface area contributed by atoms with Gasteiger partial charge in [-0.05, 0) is 61.7 Å². The molecule has 0 bridgehead atoms. The first kappa shape index (κ1) is 20.0. The Morgan fingerprint density at radius 2 is 1.93 bits per heavy atom. The molecule has 5 nitrogen and oxygen atoms in total. The third-order valence-electron chi connectivity index (χ3n) is 4.44. The van der Waals surface area contributed by atoms with Crippen LogP contribution in [0.2, 0.25) is 0 Å². The Hall–Kier alpha value is -2.74. The molecule has 1 aromatic heterocycles. The van der Waals surface area contributed by atoms with Gasteiger partial charge in [0.25, 0.3) is 0 Å². The lowest BCUT2D eigenvalue weighted by Crippen LogP contribution is -2.28. The van der Waals surface area contributed by atoms with Gasteiger partial charge < -0.3 is 5.32 Å². The molecule has 3 aromatic rings. The lowest BCUT2D eigenvalue weighted by molar-refractivity contribution is -0.119. The molecule has 1 amide bonds. The first-order valence-electron chi connectivity index (χ1n) is 8.70. The van der Waals surface area contributed by atoms with Crippen LogP contribution in [-0.4, -0.2) is 26.4 Å². The molecule has 1 heterocycles. The third kappa shape index (κ3) is 4.56. The predicted octanol–water partition coefficient (Wildman–Crippen LogP) is 4.13. The number of hydrogen-bond donors (Lipinski definition) is 1. The molecule has 3 rings (SSSR count). The van der Waals surface area contributed by atoms with E-state index in [1.807, 2.05) is 36.6 Å². The molecule has 0 spiro atoms. The summed E-state index contributed by atoms with van der Waals surface area (Å²) in [6.45, 7) is 5.79. The maximum absolute atomic E-state index is 13.4. The minimum absolute atomic E-state index is 0.123. The zero-order chi connectivity index (χ0) is 20.3. The van der Waals surface area contributed by atoms with Crippen molar-refractivity contribution in [2.45, 2.75) is 32.0 Å². The van der Waals surface area contributed by atoms with E-state index in [4.69, 9.17) is 0 Å². The van der Waals surface area contributed by atoms with Crippen LogP contribution in [0.4, 0.5) is 8.78 Å². The van der Waals surface area contributed by atoms with Gasteiger partial charge in [0.15, 0.2) is 16.8 Å². The number of thioether (sulfide) groups is 1. The highest BCUT2D eigenvalue weighted by Gasteiger charge is 2.14. The quantitative estimate of drug-likeness (QED) is 0.630. The van der Waals surface area contributed by atoms with Crippen molar-refractivity contribution in [2.24, 2.45) is 0 Å². The molecule has 8 heteroatoms. The minimum atomic E-state index is -0.936. The summed E-state index contributed by atoms with van der Waals surface area (Å²) < 4.78 is 28.2. The summed E-state index contributed by atoms with van der Waals surface area (Å²) in [7, 11) is 0. The van der Waals surface area contributed by atoms with Gasteiger partial charge in [0.2, 0.25) is 5.91 Å². The van der Waals surface area contributed by atoms with Crippen molar-refractivity contribution < 1.29 is 13.6 Å². The number of rotatable bonds is 6. The second-order valence-corrected chi connectivity index (χ2v) is 7.45. The van der Waals surface area contributed by atoms with Gasteiger partial charge in [-0.3, -0.25) is 9.36 Å². The Kier molecular flexibility index (Phi) is 6.08. The van der Waals surface area contributed by atoms with E-state index in [9.17, 15) is 13.6 Å². The fraction of sp³-hybridized carbons (Fsp3) is 0.250. The summed E-state index contributed by atoms with van der Waals surface area (Å²) in [4.78, 5) is 12.3. The summed E-state index contributed by atoms with van der Waals surface area (Å²) >= 11 is 1.25. The van der Waals surface area contributed by atoms with Gasteiger partial charge in [0.05, 0.1) is 11.8 Å². The summed E-state index contributed by atoms with van der Waals surface area (Å²) in [6, 6.07) is 9.18. The van der Waals surface area contributed by atoms with Gasteiger partial charge in [0, 0.05) is 5.69 Å². The molecule has 0 saturated heterocycles. The van der Waals surface area contributed by atoms with Crippen molar-refractivity contribution in [3.05, 3.63) is 71.1 Å². The van der Waals surface area contributed by atoms with Crippen molar-refractivity contribution in [1.29, 1.82) is 0 Å². The van der Waals surface area contributed by atoms with E-state index in [1.165, 1.54) is 23.4 Å². The molecule has 1 unspecified atom stereocenters. The average Bonchev–Trinajstić information content (AvgIpc) is 3.13. The largest absolute Gasteiger partial charge is 0.349 e. The molecule has 0 fully saturated rings. The highest BCUT2D eigenvalue weighted by Crippen LogP contribution is 2.22. The number of benzene rings is 2. The zero-order valence-corrected chi connectivity index (χ0v) is 16.6. The lowest BCUT2D eigenvalue weighted by atomic mass is 10.1. The Balaban J connectivity index is 1.63. The molecule has 28 heavy (non-hydrogen) atoms. The van der Waals surface area contributed by atoms with Gasteiger partial charge in [-0.1, -0.05) is 23.9 Å². The van der Waals surface area contributed by atoms with Crippen molar-refractivity contribution in [1.82, 2.24) is 20.1 Å². The molecule has 0 aliphatic carbocycles. The van der Waals surface area contributed by atoms with E-state index in [2.05, 4.69) is 15.5 Å². The second kappa shape index (κ2) is 8.52. The van der Waals surface area contributed by atoms with E-state index in [1.54, 1.807) is 13.3 Å². The summed E-state index contributed by atoms with van der Waals surface area (Å²) in [6.07, 6.45) is 1.61.